The summed E-state index contributed by atoms with van der Waals surface area (Å²) in [6.07, 6.45) is -1.12. The first-order valence-electron chi connectivity index (χ1n) is 4.02. The highest BCUT2D eigenvalue weighted by Gasteiger charge is 2.35. The van der Waals surface area contributed by atoms with Crippen molar-refractivity contribution in [3.8, 4) is 0 Å². The Hall–Kier alpha value is -1.10. The van der Waals surface area contributed by atoms with E-state index >= 15 is 0 Å². The Balaban J connectivity index is 2.73. The SMILES string of the molecule is CC1C=CC(C=O)=CC1OC(F)(F)F. The summed E-state index contributed by atoms with van der Waals surface area (Å²) in [7, 11) is 0. The Labute approximate surface area is 79.0 Å². The zero-order valence-electron chi connectivity index (χ0n) is 7.41. The molecule has 5 heteroatoms. The Kier molecular flexibility index (Phi) is 3.10. The molecule has 2 nitrogen and oxygen atoms in total. The van der Waals surface area contributed by atoms with Crippen LogP contribution in [0.25, 0.3) is 0 Å². The van der Waals surface area contributed by atoms with Crippen molar-refractivity contribution in [1.82, 2.24) is 0 Å². The highest BCUT2D eigenvalue weighted by atomic mass is 19.4. The van der Waals surface area contributed by atoms with Crippen molar-refractivity contribution < 1.29 is 22.7 Å². The highest BCUT2D eigenvalue weighted by Crippen LogP contribution is 2.26. The van der Waals surface area contributed by atoms with E-state index in [1.165, 1.54) is 18.2 Å². The predicted molar refractivity (Wildman–Crippen MR) is 43.4 cm³/mol. The van der Waals surface area contributed by atoms with Gasteiger partial charge in [0.2, 0.25) is 0 Å². The van der Waals surface area contributed by atoms with Crippen molar-refractivity contribution in [2.24, 2.45) is 5.92 Å². The molecule has 14 heavy (non-hydrogen) atoms. The first-order valence-corrected chi connectivity index (χ1v) is 4.02. The van der Waals surface area contributed by atoms with Crippen molar-refractivity contribution in [2.45, 2.75) is 19.4 Å². The molecular weight excluding hydrogens is 197 g/mol. The maximum Gasteiger partial charge on any atom is 0.523 e. The zero-order valence-corrected chi connectivity index (χ0v) is 7.41. The van der Waals surface area contributed by atoms with Crippen LogP contribution in [0.2, 0.25) is 0 Å². The molecule has 2 unspecified atom stereocenters. The average molecular weight is 206 g/mol. The molecule has 1 rings (SSSR count). The quantitative estimate of drug-likeness (QED) is 0.647. The van der Waals surface area contributed by atoms with Crippen LogP contribution in [0, 0.1) is 5.92 Å². The number of hydrogen-bond acceptors (Lipinski definition) is 2. The third-order valence-electron chi connectivity index (χ3n) is 1.87. The number of alkyl halides is 3. The summed E-state index contributed by atoms with van der Waals surface area (Å²) in [5, 5.41) is 0. The topological polar surface area (TPSA) is 26.3 Å². The van der Waals surface area contributed by atoms with Gasteiger partial charge >= 0.3 is 6.36 Å². The summed E-state index contributed by atoms with van der Waals surface area (Å²) in [5.74, 6) is -0.389. The summed E-state index contributed by atoms with van der Waals surface area (Å²) in [4.78, 5) is 10.3. The van der Waals surface area contributed by atoms with E-state index in [9.17, 15) is 18.0 Å². The van der Waals surface area contributed by atoms with E-state index in [4.69, 9.17) is 0 Å². The van der Waals surface area contributed by atoms with E-state index in [1.807, 2.05) is 0 Å². The van der Waals surface area contributed by atoms with Crippen LogP contribution in [0.3, 0.4) is 0 Å². The maximum atomic E-state index is 11.9. The third-order valence-corrected chi connectivity index (χ3v) is 1.87. The van der Waals surface area contributed by atoms with Crippen LogP contribution < -0.4 is 0 Å². The molecule has 0 aromatic rings. The summed E-state index contributed by atoms with van der Waals surface area (Å²) in [6, 6.07) is 0. The molecule has 0 aromatic carbocycles. The lowest BCUT2D eigenvalue weighted by Crippen LogP contribution is -2.28. The standard InChI is InChI=1S/C9H9F3O2/c1-6-2-3-7(5-13)4-8(6)14-9(10,11)12/h2-6,8H,1H3. The number of halogens is 3. The predicted octanol–water partition coefficient (Wildman–Crippen LogP) is 2.22. The van der Waals surface area contributed by atoms with Crippen LogP contribution in [0.15, 0.2) is 23.8 Å². The summed E-state index contributed by atoms with van der Waals surface area (Å²) in [6.45, 7) is 1.59. The minimum Gasteiger partial charge on any atom is -0.298 e. The van der Waals surface area contributed by atoms with Crippen molar-refractivity contribution >= 4 is 6.29 Å². The first kappa shape index (κ1) is 11.0. The van der Waals surface area contributed by atoms with Crippen molar-refractivity contribution in [3.05, 3.63) is 23.8 Å². The molecule has 0 N–H and O–H groups in total. The molecule has 0 saturated heterocycles. The summed E-state index contributed by atoms with van der Waals surface area (Å²) < 4.78 is 39.5. The van der Waals surface area contributed by atoms with Crippen LogP contribution in [-0.4, -0.2) is 18.8 Å². The van der Waals surface area contributed by atoms with Gasteiger partial charge in [-0.1, -0.05) is 19.1 Å². The van der Waals surface area contributed by atoms with Crippen molar-refractivity contribution in [1.29, 1.82) is 0 Å². The van der Waals surface area contributed by atoms with Gasteiger partial charge in [0, 0.05) is 11.5 Å². The van der Waals surface area contributed by atoms with Crippen molar-refractivity contribution in [2.75, 3.05) is 0 Å². The maximum absolute atomic E-state index is 11.9. The van der Waals surface area contributed by atoms with Gasteiger partial charge < -0.3 is 0 Å². The molecular formula is C9H9F3O2. The van der Waals surface area contributed by atoms with Crippen LogP contribution in [0.1, 0.15) is 6.92 Å². The molecule has 0 bridgehead atoms. The molecule has 78 valence electrons. The molecule has 1 aliphatic carbocycles. The van der Waals surface area contributed by atoms with Crippen LogP contribution in [0.5, 0.6) is 0 Å². The Morgan fingerprint density at radius 2 is 2.14 bits per heavy atom. The molecule has 0 amide bonds. The first-order chi connectivity index (χ1) is 6.42. The Morgan fingerprint density at radius 3 is 2.64 bits per heavy atom. The summed E-state index contributed by atoms with van der Waals surface area (Å²) in [5.41, 5.74) is 0.206. The molecule has 2 atom stereocenters. The van der Waals surface area contributed by atoms with Gasteiger partial charge in [0.05, 0.1) is 6.10 Å². The molecule has 0 saturated carbocycles. The van der Waals surface area contributed by atoms with Gasteiger partial charge in [-0.05, 0) is 6.08 Å². The molecule has 0 aliphatic heterocycles. The van der Waals surface area contributed by atoms with E-state index in [0.29, 0.717) is 6.29 Å². The van der Waals surface area contributed by atoms with Gasteiger partial charge in [-0.2, -0.15) is 0 Å². The Bertz CT molecular complexity index is 278. The van der Waals surface area contributed by atoms with Crippen LogP contribution in [-0.2, 0) is 9.53 Å². The molecule has 0 heterocycles. The van der Waals surface area contributed by atoms with Gasteiger partial charge in [0.1, 0.15) is 6.29 Å². The lowest BCUT2D eigenvalue weighted by Gasteiger charge is -2.23. The second-order valence-electron chi connectivity index (χ2n) is 3.03. The zero-order chi connectivity index (χ0) is 10.8. The lowest BCUT2D eigenvalue weighted by atomic mass is 9.96. The van der Waals surface area contributed by atoms with E-state index in [2.05, 4.69) is 4.74 Å². The van der Waals surface area contributed by atoms with Crippen LogP contribution >= 0.6 is 0 Å². The number of hydrogen-bond donors (Lipinski definition) is 0. The average Bonchev–Trinajstić information content (AvgIpc) is 2.06. The molecule has 0 aromatic heterocycles. The molecule has 0 radical (unpaired) electrons. The number of carbonyl (C=O) groups is 1. The molecule has 0 spiro atoms. The number of rotatable bonds is 2. The van der Waals surface area contributed by atoms with Gasteiger partial charge in [0.25, 0.3) is 0 Å². The molecule has 1 aliphatic rings. The lowest BCUT2D eigenvalue weighted by molar-refractivity contribution is -0.339. The number of aldehydes is 1. The van der Waals surface area contributed by atoms with Gasteiger partial charge in [0.15, 0.2) is 0 Å². The second-order valence-corrected chi connectivity index (χ2v) is 3.03. The van der Waals surface area contributed by atoms with Crippen LogP contribution in [0.4, 0.5) is 13.2 Å². The van der Waals surface area contributed by atoms with E-state index in [1.54, 1.807) is 6.92 Å². The summed E-state index contributed by atoms with van der Waals surface area (Å²) >= 11 is 0. The second kappa shape index (κ2) is 3.96. The smallest absolute Gasteiger partial charge is 0.298 e. The minimum atomic E-state index is -4.67. The molecule has 0 fully saturated rings. The Morgan fingerprint density at radius 1 is 1.50 bits per heavy atom. The van der Waals surface area contributed by atoms with E-state index < -0.39 is 12.5 Å². The number of allylic oxidation sites excluding steroid dienone is 2. The van der Waals surface area contributed by atoms with Crippen molar-refractivity contribution in [3.63, 3.8) is 0 Å². The highest BCUT2D eigenvalue weighted by molar-refractivity contribution is 5.78. The normalized spacial score (nSPS) is 27.3. The van der Waals surface area contributed by atoms with E-state index in [-0.39, 0.29) is 11.5 Å². The fourth-order valence-corrected chi connectivity index (χ4v) is 1.14. The minimum absolute atomic E-state index is 0.206. The largest absolute Gasteiger partial charge is 0.523 e. The van der Waals surface area contributed by atoms with E-state index in [0.717, 1.165) is 0 Å². The number of ether oxygens (including phenoxy) is 1. The van der Waals surface area contributed by atoms with Gasteiger partial charge in [-0.15, -0.1) is 13.2 Å². The van der Waals surface area contributed by atoms with Gasteiger partial charge in [-0.3, -0.25) is 9.53 Å². The fourth-order valence-electron chi connectivity index (χ4n) is 1.14. The number of carbonyl (C=O) groups excluding carboxylic acids is 1. The monoisotopic (exact) mass is 206 g/mol. The third kappa shape index (κ3) is 2.99. The van der Waals surface area contributed by atoms with Gasteiger partial charge in [-0.25, -0.2) is 0 Å². The fraction of sp³-hybridized carbons (Fsp3) is 0.444.